The quantitative estimate of drug-likeness (QED) is 0.638. The summed E-state index contributed by atoms with van der Waals surface area (Å²) in [6.07, 6.45) is 1.43. The lowest BCUT2D eigenvalue weighted by molar-refractivity contribution is 0.0697. The summed E-state index contributed by atoms with van der Waals surface area (Å²) < 4.78 is 1.98. The van der Waals surface area contributed by atoms with Gasteiger partial charge >= 0.3 is 5.97 Å². The average Bonchev–Trinajstić information content (AvgIpc) is 2.49. The van der Waals surface area contributed by atoms with Crippen molar-refractivity contribution in [2.24, 2.45) is 0 Å². The molecule has 0 radical (unpaired) electrons. The number of carboxylic acid groups (broad SMARTS) is 1. The maximum absolute atomic E-state index is 12.6. The first kappa shape index (κ1) is 15.0. The zero-order valence-electron chi connectivity index (χ0n) is 11.0. The van der Waals surface area contributed by atoms with Gasteiger partial charge in [-0.05, 0) is 59.0 Å². The van der Waals surface area contributed by atoms with Crippen molar-refractivity contribution in [2.75, 3.05) is 0 Å². The molecule has 5 nitrogen and oxygen atoms in total. The van der Waals surface area contributed by atoms with Gasteiger partial charge in [-0.15, -0.1) is 0 Å². The lowest BCUT2D eigenvalue weighted by atomic mass is 10.1. The average molecular weight is 427 g/mol. The minimum absolute atomic E-state index is 0.0599. The molecule has 0 aliphatic rings. The first-order valence-electron chi connectivity index (χ1n) is 6.17. The van der Waals surface area contributed by atoms with Crippen molar-refractivity contribution in [3.63, 3.8) is 0 Å². The van der Waals surface area contributed by atoms with E-state index in [1.165, 1.54) is 23.0 Å². The molecule has 0 unspecified atom stereocenters. The molecule has 22 heavy (non-hydrogen) atoms. The molecule has 2 aromatic carbocycles. The Balaban J connectivity index is 2.31. The van der Waals surface area contributed by atoms with E-state index >= 15 is 0 Å². The Hall–Kier alpha value is -1.93. The van der Waals surface area contributed by atoms with Crippen molar-refractivity contribution < 1.29 is 9.90 Å². The molecule has 0 saturated heterocycles. The fourth-order valence-electron chi connectivity index (χ4n) is 2.10. The van der Waals surface area contributed by atoms with E-state index in [1.54, 1.807) is 24.3 Å². The summed E-state index contributed by atoms with van der Waals surface area (Å²) in [5, 5.41) is 9.96. The standard InChI is InChI=1S/C15H8ClIN2O3/c16-9-1-3-10(4-2-9)19-7-18-13-11(14(19)20)5-8(15(21)22)6-12(13)17/h1-7H,(H,21,22). The highest BCUT2D eigenvalue weighted by Gasteiger charge is 2.13. The number of fused-ring (bicyclic) bond motifs is 1. The Morgan fingerprint density at radius 2 is 1.91 bits per heavy atom. The largest absolute Gasteiger partial charge is 0.478 e. The summed E-state index contributed by atoms with van der Waals surface area (Å²) in [6.45, 7) is 0. The SMILES string of the molecule is O=C(O)c1cc(I)c2ncn(-c3ccc(Cl)cc3)c(=O)c2c1. The van der Waals surface area contributed by atoms with Crippen LogP contribution in [-0.4, -0.2) is 20.6 Å². The van der Waals surface area contributed by atoms with E-state index in [4.69, 9.17) is 16.7 Å². The summed E-state index contributed by atoms with van der Waals surface area (Å²) >= 11 is 7.81. The predicted molar refractivity (Wildman–Crippen MR) is 92.0 cm³/mol. The second kappa shape index (κ2) is 5.69. The van der Waals surface area contributed by atoms with Gasteiger partial charge in [-0.25, -0.2) is 9.78 Å². The lowest BCUT2D eigenvalue weighted by Gasteiger charge is -2.08. The number of hydrogen-bond donors (Lipinski definition) is 1. The van der Waals surface area contributed by atoms with Crippen molar-refractivity contribution in [2.45, 2.75) is 0 Å². The molecule has 1 N–H and O–H groups in total. The van der Waals surface area contributed by atoms with E-state index in [0.29, 0.717) is 19.8 Å². The van der Waals surface area contributed by atoms with Gasteiger partial charge in [0.25, 0.3) is 5.56 Å². The second-order valence-electron chi connectivity index (χ2n) is 4.56. The van der Waals surface area contributed by atoms with Crippen LogP contribution in [0.5, 0.6) is 0 Å². The van der Waals surface area contributed by atoms with Crippen LogP contribution in [-0.2, 0) is 0 Å². The summed E-state index contributed by atoms with van der Waals surface area (Å²) in [4.78, 5) is 28.1. The number of aromatic nitrogens is 2. The first-order valence-corrected chi connectivity index (χ1v) is 7.63. The van der Waals surface area contributed by atoms with Crippen LogP contribution >= 0.6 is 34.2 Å². The van der Waals surface area contributed by atoms with Gasteiger partial charge in [0.15, 0.2) is 0 Å². The zero-order valence-corrected chi connectivity index (χ0v) is 13.9. The van der Waals surface area contributed by atoms with Crippen LogP contribution < -0.4 is 5.56 Å². The van der Waals surface area contributed by atoms with Crippen LogP contribution in [0.15, 0.2) is 47.5 Å². The van der Waals surface area contributed by atoms with Gasteiger partial charge < -0.3 is 5.11 Å². The maximum atomic E-state index is 12.6. The van der Waals surface area contributed by atoms with Gasteiger partial charge in [0.1, 0.15) is 6.33 Å². The van der Waals surface area contributed by atoms with Crippen LogP contribution in [0.2, 0.25) is 5.02 Å². The normalized spacial score (nSPS) is 10.8. The van der Waals surface area contributed by atoms with Crippen molar-refractivity contribution in [3.05, 3.63) is 67.2 Å². The Morgan fingerprint density at radius 3 is 2.55 bits per heavy atom. The fraction of sp³-hybridized carbons (Fsp3) is 0. The molecule has 110 valence electrons. The number of carbonyl (C=O) groups is 1. The van der Waals surface area contributed by atoms with E-state index < -0.39 is 5.97 Å². The molecule has 1 heterocycles. The predicted octanol–water partition coefficient (Wildman–Crippen LogP) is 3.34. The van der Waals surface area contributed by atoms with Gasteiger partial charge in [0.05, 0.1) is 22.2 Å². The minimum Gasteiger partial charge on any atom is -0.478 e. The van der Waals surface area contributed by atoms with E-state index in [-0.39, 0.29) is 16.5 Å². The highest BCUT2D eigenvalue weighted by molar-refractivity contribution is 14.1. The minimum atomic E-state index is -1.08. The monoisotopic (exact) mass is 426 g/mol. The molecule has 1 aromatic heterocycles. The summed E-state index contributed by atoms with van der Waals surface area (Å²) in [6, 6.07) is 9.58. The molecule has 0 saturated carbocycles. The summed E-state index contributed by atoms with van der Waals surface area (Å²) in [5.41, 5.74) is 0.832. The lowest BCUT2D eigenvalue weighted by Crippen LogP contribution is -2.19. The molecule has 0 bridgehead atoms. The van der Waals surface area contributed by atoms with Gasteiger partial charge in [0, 0.05) is 8.59 Å². The van der Waals surface area contributed by atoms with Crippen molar-refractivity contribution in [1.29, 1.82) is 0 Å². The van der Waals surface area contributed by atoms with Gasteiger partial charge in [0.2, 0.25) is 0 Å². The Kier molecular flexibility index (Phi) is 3.88. The number of aromatic carboxylic acids is 1. The highest BCUT2D eigenvalue weighted by atomic mass is 127. The number of hydrogen-bond acceptors (Lipinski definition) is 3. The van der Waals surface area contributed by atoms with Gasteiger partial charge in [-0.2, -0.15) is 0 Å². The number of halogens is 2. The Labute approximate surface area is 143 Å². The third kappa shape index (κ3) is 2.59. The van der Waals surface area contributed by atoms with E-state index in [1.807, 2.05) is 22.6 Å². The van der Waals surface area contributed by atoms with E-state index in [2.05, 4.69) is 4.98 Å². The number of benzene rings is 2. The number of rotatable bonds is 2. The third-order valence-electron chi connectivity index (χ3n) is 3.17. The fourth-order valence-corrected chi connectivity index (χ4v) is 2.99. The molecule has 3 rings (SSSR count). The van der Waals surface area contributed by atoms with E-state index in [0.717, 1.165) is 0 Å². The maximum Gasteiger partial charge on any atom is 0.335 e. The van der Waals surface area contributed by atoms with Crippen LogP contribution in [0, 0.1) is 3.57 Å². The number of nitrogens with zero attached hydrogens (tertiary/aromatic N) is 2. The van der Waals surface area contributed by atoms with Crippen LogP contribution in [0.1, 0.15) is 10.4 Å². The summed E-state index contributed by atoms with van der Waals surface area (Å²) in [7, 11) is 0. The van der Waals surface area contributed by atoms with Crippen molar-refractivity contribution >= 4 is 51.1 Å². The van der Waals surface area contributed by atoms with E-state index in [9.17, 15) is 9.59 Å². The zero-order chi connectivity index (χ0) is 15.9. The van der Waals surface area contributed by atoms with Crippen LogP contribution in [0.3, 0.4) is 0 Å². The Morgan fingerprint density at radius 1 is 1.23 bits per heavy atom. The molecule has 0 atom stereocenters. The van der Waals surface area contributed by atoms with Crippen LogP contribution in [0.25, 0.3) is 16.6 Å². The molecular weight excluding hydrogens is 419 g/mol. The van der Waals surface area contributed by atoms with Crippen LogP contribution in [0.4, 0.5) is 0 Å². The molecule has 0 fully saturated rings. The topological polar surface area (TPSA) is 72.2 Å². The first-order chi connectivity index (χ1) is 10.5. The third-order valence-corrected chi connectivity index (χ3v) is 4.24. The molecule has 7 heteroatoms. The Bertz CT molecular complexity index is 951. The number of carboxylic acids is 1. The highest BCUT2D eigenvalue weighted by Crippen LogP contribution is 2.19. The molecule has 0 amide bonds. The molecular formula is C15H8ClIN2O3. The summed E-state index contributed by atoms with van der Waals surface area (Å²) in [5.74, 6) is -1.08. The van der Waals surface area contributed by atoms with Crippen molar-refractivity contribution in [1.82, 2.24) is 9.55 Å². The van der Waals surface area contributed by atoms with Gasteiger partial charge in [-0.3, -0.25) is 9.36 Å². The smallest absolute Gasteiger partial charge is 0.335 e. The molecule has 3 aromatic rings. The van der Waals surface area contributed by atoms with Crippen molar-refractivity contribution in [3.8, 4) is 5.69 Å². The molecule has 0 spiro atoms. The second-order valence-corrected chi connectivity index (χ2v) is 6.15. The molecule has 0 aliphatic heterocycles. The molecule has 0 aliphatic carbocycles. The van der Waals surface area contributed by atoms with Gasteiger partial charge in [-0.1, -0.05) is 11.6 Å².